The molecule has 5 rings (SSSR count). The van der Waals surface area contributed by atoms with E-state index in [1.807, 2.05) is 24.3 Å². The quantitative estimate of drug-likeness (QED) is 0.245. The van der Waals surface area contributed by atoms with Crippen LogP contribution in [-0.4, -0.2) is 32.4 Å². The summed E-state index contributed by atoms with van der Waals surface area (Å²) in [6.45, 7) is 0.271. The van der Waals surface area contributed by atoms with Crippen molar-refractivity contribution in [1.29, 1.82) is 0 Å². The first-order valence-corrected chi connectivity index (χ1v) is 12.5. The molecule has 9 heteroatoms. The van der Waals surface area contributed by atoms with Gasteiger partial charge in [0, 0.05) is 23.8 Å². The molecule has 0 aliphatic heterocycles. The van der Waals surface area contributed by atoms with E-state index in [9.17, 15) is 19.1 Å². The summed E-state index contributed by atoms with van der Waals surface area (Å²) in [5, 5.41) is 12.9. The molecule has 0 spiro atoms. The van der Waals surface area contributed by atoms with E-state index in [1.54, 1.807) is 65.3 Å². The minimum absolute atomic E-state index is 0.0768. The molecule has 196 valence electrons. The van der Waals surface area contributed by atoms with Gasteiger partial charge in [0.05, 0.1) is 0 Å². The molecule has 2 aromatic heterocycles. The first kappa shape index (κ1) is 25.9. The molecule has 5 aromatic rings. The lowest BCUT2D eigenvalue weighted by Crippen LogP contribution is -2.42. The number of amides is 1. The zero-order valence-corrected chi connectivity index (χ0v) is 21.3. The highest BCUT2D eigenvalue weighted by atomic mass is 35.5. The van der Waals surface area contributed by atoms with Gasteiger partial charge in [0.2, 0.25) is 0 Å². The van der Waals surface area contributed by atoms with Crippen LogP contribution in [0.25, 0.3) is 16.8 Å². The van der Waals surface area contributed by atoms with Gasteiger partial charge in [0.15, 0.2) is 0 Å². The molecular formula is C30H23ClFN3O4. The van der Waals surface area contributed by atoms with E-state index in [0.29, 0.717) is 22.0 Å². The number of ether oxygens (including phenoxy) is 1. The van der Waals surface area contributed by atoms with Crippen LogP contribution < -0.4 is 10.1 Å². The van der Waals surface area contributed by atoms with Crippen molar-refractivity contribution in [2.75, 3.05) is 0 Å². The lowest BCUT2D eigenvalue weighted by atomic mass is 10.1. The monoisotopic (exact) mass is 543 g/mol. The number of halogens is 2. The molecule has 0 saturated heterocycles. The van der Waals surface area contributed by atoms with Gasteiger partial charge in [0.1, 0.15) is 35.6 Å². The number of aromatic nitrogens is 2. The first-order chi connectivity index (χ1) is 18.8. The van der Waals surface area contributed by atoms with Crippen molar-refractivity contribution in [3.8, 4) is 16.9 Å². The number of rotatable bonds is 9. The Balaban J connectivity index is 1.23. The van der Waals surface area contributed by atoms with Crippen molar-refractivity contribution in [2.24, 2.45) is 0 Å². The SMILES string of the molecule is O=C(NC(Cc1ccc(OCc2ccc(F)cc2)cc1)C(=O)O)c1cn2ccc(-c3ccc(Cl)cc3)cc2n1. The molecule has 0 aliphatic rings. The first-order valence-electron chi connectivity index (χ1n) is 12.1. The number of imidazole rings is 1. The maximum Gasteiger partial charge on any atom is 0.326 e. The molecule has 0 aliphatic carbocycles. The van der Waals surface area contributed by atoms with Crippen LogP contribution in [0.5, 0.6) is 5.75 Å². The Kier molecular flexibility index (Phi) is 7.56. The molecule has 2 N–H and O–H groups in total. The van der Waals surface area contributed by atoms with Crippen LogP contribution in [0, 0.1) is 5.82 Å². The van der Waals surface area contributed by atoms with Gasteiger partial charge in [-0.15, -0.1) is 0 Å². The smallest absolute Gasteiger partial charge is 0.326 e. The summed E-state index contributed by atoms with van der Waals surface area (Å²) in [7, 11) is 0. The third-order valence-corrected chi connectivity index (χ3v) is 6.41. The maximum absolute atomic E-state index is 13.0. The Bertz CT molecular complexity index is 1620. The topological polar surface area (TPSA) is 92.9 Å². The lowest BCUT2D eigenvalue weighted by molar-refractivity contribution is -0.139. The molecule has 0 fully saturated rings. The second kappa shape index (κ2) is 11.4. The molecular weight excluding hydrogens is 521 g/mol. The van der Waals surface area contributed by atoms with Crippen LogP contribution in [0.15, 0.2) is 97.3 Å². The summed E-state index contributed by atoms with van der Waals surface area (Å²) in [5.41, 5.74) is 4.05. The zero-order chi connectivity index (χ0) is 27.4. The van der Waals surface area contributed by atoms with Gasteiger partial charge >= 0.3 is 5.97 Å². The van der Waals surface area contributed by atoms with E-state index >= 15 is 0 Å². The average Bonchev–Trinajstić information content (AvgIpc) is 3.37. The number of fused-ring (bicyclic) bond motifs is 1. The Morgan fingerprint density at radius 2 is 1.64 bits per heavy atom. The van der Waals surface area contributed by atoms with Gasteiger partial charge in [-0.1, -0.05) is 48.0 Å². The zero-order valence-electron chi connectivity index (χ0n) is 20.6. The summed E-state index contributed by atoms with van der Waals surface area (Å²) in [6, 6.07) is 22.9. The van der Waals surface area contributed by atoms with Crippen molar-refractivity contribution in [2.45, 2.75) is 19.1 Å². The summed E-state index contributed by atoms with van der Waals surface area (Å²) < 4.78 is 20.5. The third-order valence-electron chi connectivity index (χ3n) is 6.16. The Morgan fingerprint density at radius 3 is 2.33 bits per heavy atom. The fourth-order valence-corrected chi connectivity index (χ4v) is 4.18. The number of carbonyl (C=O) groups is 2. The van der Waals surface area contributed by atoms with Crippen LogP contribution in [0.4, 0.5) is 4.39 Å². The van der Waals surface area contributed by atoms with E-state index in [2.05, 4.69) is 10.3 Å². The number of carboxylic acid groups (broad SMARTS) is 1. The minimum Gasteiger partial charge on any atom is -0.489 e. The molecule has 3 aromatic carbocycles. The second-order valence-electron chi connectivity index (χ2n) is 8.94. The molecule has 2 heterocycles. The fourth-order valence-electron chi connectivity index (χ4n) is 4.05. The van der Waals surface area contributed by atoms with Crippen molar-refractivity contribution in [3.63, 3.8) is 0 Å². The third kappa shape index (κ3) is 6.42. The van der Waals surface area contributed by atoms with Gasteiger partial charge in [-0.2, -0.15) is 0 Å². The number of hydrogen-bond acceptors (Lipinski definition) is 4. The standard InChI is InChI=1S/C30H23ClFN3O4/c31-23-7-5-21(6-8-23)22-13-14-35-17-27(33-28(35)16-22)29(36)34-26(30(37)38)15-19-3-11-25(12-4-19)39-18-20-1-9-24(32)10-2-20/h1-14,16-17,26H,15,18H2,(H,34,36)(H,37,38). The number of carbonyl (C=O) groups excluding carboxylic acids is 1. The predicted octanol–water partition coefficient (Wildman–Crippen LogP) is 5.80. The molecule has 0 saturated carbocycles. The van der Waals surface area contributed by atoms with Crippen molar-refractivity contribution in [3.05, 3.63) is 125 Å². The predicted molar refractivity (Wildman–Crippen MR) is 145 cm³/mol. The molecule has 0 bridgehead atoms. The highest BCUT2D eigenvalue weighted by molar-refractivity contribution is 6.30. The highest BCUT2D eigenvalue weighted by Gasteiger charge is 2.23. The normalized spacial score (nSPS) is 11.7. The Hall–Kier alpha value is -4.69. The van der Waals surface area contributed by atoms with E-state index in [-0.39, 0.29) is 24.5 Å². The second-order valence-corrected chi connectivity index (χ2v) is 9.38. The summed E-state index contributed by atoms with van der Waals surface area (Å²) >= 11 is 5.97. The maximum atomic E-state index is 13.0. The number of nitrogens with zero attached hydrogens (tertiary/aromatic N) is 2. The van der Waals surface area contributed by atoms with Gasteiger partial charge in [0.25, 0.3) is 5.91 Å². The van der Waals surface area contributed by atoms with E-state index < -0.39 is 17.9 Å². The van der Waals surface area contributed by atoms with Crippen LogP contribution in [0.3, 0.4) is 0 Å². The molecule has 7 nitrogen and oxygen atoms in total. The largest absolute Gasteiger partial charge is 0.489 e. The van der Waals surface area contributed by atoms with Crippen LogP contribution in [0.2, 0.25) is 5.02 Å². The van der Waals surface area contributed by atoms with Gasteiger partial charge in [-0.25, -0.2) is 14.2 Å². The Labute approximate surface area is 228 Å². The number of pyridine rings is 1. The van der Waals surface area contributed by atoms with E-state index in [1.165, 1.54) is 12.1 Å². The summed E-state index contributed by atoms with van der Waals surface area (Å²) in [4.78, 5) is 29.2. The Morgan fingerprint density at radius 1 is 0.949 bits per heavy atom. The number of aliphatic carboxylic acids is 1. The van der Waals surface area contributed by atoms with Crippen LogP contribution in [0.1, 0.15) is 21.6 Å². The van der Waals surface area contributed by atoms with Gasteiger partial charge in [-0.3, -0.25) is 4.79 Å². The van der Waals surface area contributed by atoms with E-state index in [4.69, 9.17) is 16.3 Å². The summed E-state index contributed by atoms with van der Waals surface area (Å²) in [5.74, 6) is -1.47. The number of carboxylic acids is 1. The average molecular weight is 544 g/mol. The molecule has 39 heavy (non-hydrogen) atoms. The number of hydrogen-bond donors (Lipinski definition) is 2. The molecule has 1 atom stereocenters. The van der Waals surface area contributed by atoms with Crippen LogP contribution >= 0.6 is 11.6 Å². The molecule has 1 unspecified atom stereocenters. The van der Waals surface area contributed by atoms with Gasteiger partial charge < -0.3 is 19.6 Å². The minimum atomic E-state index is -1.16. The van der Waals surface area contributed by atoms with E-state index in [0.717, 1.165) is 16.7 Å². The number of nitrogens with one attached hydrogen (secondary N) is 1. The lowest BCUT2D eigenvalue weighted by Gasteiger charge is -2.14. The molecule has 0 radical (unpaired) electrons. The van der Waals surface area contributed by atoms with Crippen LogP contribution in [-0.2, 0) is 17.8 Å². The van der Waals surface area contributed by atoms with Crippen molar-refractivity contribution >= 4 is 29.1 Å². The fraction of sp³-hybridized carbons (Fsp3) is 0.100. The van der Waals surface area contributed by atoms with Gasteiger partial charge in [-0.05, 0) is 70.8 Å². The number of benzene rings is 3. The van der Waals surface area contributed by atoms with Crippen molar-refractivity contribution in [1.82, 2.24) is 14.7 Å². The molecule has 1 amide bonds. The van der Waals surface area contributed by atoms with Crippen molar-refractivity contribution < 1.29 is 23.8 Å². The highest BCUT2D eigenvalue weighted by Crippen LogP contribution is 2.23. The summed E-state index contributed by atoms with van der Waals surface area (Å²) in [6.07, 6.45) is 3.42.